The minimum absolute atomic E-state index is 0. The first-order valence-corrected chi connectivity index (χ1v) is 0. The summed E-state index contributed by atoms with van der Waals surface area (Å²) in [6.07, 6.45) is 0. The van der Waals surface area contributed by atoms with Gasteiger partial charge in [0.15, 0.2) is 0 Å². The first-order chi connectivity index (χ1) is 0. The first-order valence-electron chi connectivity index (χ1n) is 0. The Labute approximate surface area is 93.6 Å². The van der Waals surface area contributed by atoms with Gasteiger partial charge >= 0.3 is 23.1 Å². The first kappa shape index (κ1) is 43.6. The maximum Gasteiger partial charge on any atom is 0.316 e. The zero-order valence-electron chi connectivity index (χ0n) is 1.53. The standard InChI is InChI=1S/Co.Mg.Mn.Ni.Ti.2H. The maximum absolute atomic E-state index is 0. The molecule has 2 radical (unpaired) electrons. The summed E-state index contributed by atoms with van der Waals surface area (Å²) in [6, 6.07) is 0. The van der Waals surface area contributed by atoms with Gasteiger partial charge in [-0.2, -0.15) is 0 Å². The van der Waals surface area contributed by atoms with Gasteiger partial charge in [0.05, 0.1) is 0 Å². The van der Waals surface area contributed by atoms with E-state index >= 15 is 0 Å². The molecule has 34 valence electrons. The third-order valence-corrected chi connectivity index (χ3v) is 0. The smallest absolute Gasteiger partial charge is 0 e. The van der Waals surface area contributed by atoms with Crippen molar-refractivity contribution in [2.75, 3.05) is 0 Å². The average molecular weight is 247 g/mol. The van der Waals surface area contributed by atoms with Crippen LogP contribution in [-0.2, 0) is 72.1 Å². The second-order valence-electron chi connectivity index (χ2n) is 0. The third-order valence-electron chi connectivity index (χ3n) is 0. The molecular weight excluding hydrogens is 245 g/mol. The van der Waals surface area contributed by atoms with E-state index in [1.54, 1.807) is 0 Å². The molecule has 5 heavy (non-hydrogen) atoms. The molecule has 0 saturated carbocycles. The molecule has 0 heterocycles. The molecule has 0 amide bonds. The Hall–Kier alpha value is 3.00. The minimum Gasteiger partial charge on any atom is 0 e. The van der Waals surface area contributed by atoms with Crippen LogP contribution >= 0.6 is 0 Å². The SMILES string of the molecule is [Co].[MgH2].[Mn].[Ni].[Ti]. The van der Waals surface area contributed by atoms with Crippen molar-refractivity contribution in [2.24, 2.45) is 0 Å². The van der Waals surface area contributed by atoms with Crippen molar-refractivity contribution >= 4 is 23.1 Å². The molecule has 0 rings (SSSR count). The van der Waals surface area contributed by atoms with Gasteiger partial charge in [0.25, 0.3) is 0 Å². The van der Waals surface area contributed by atoms with Crippen LogP contribution in [0.25, 0.3) is 0 Å². The van der Waals surface area contributed by atoms with Crippen molar-refractivity contribution in [2.45, 2.75) is 0 Å². The number of rotatable bonds is 0. The molecule has 0 saturated heterocycles. The van der Waals surface area contributed by atoms with E-state index in [2.05, 4.69) is 0 Å². The predicted molar refractivity (Wildman–Crippen MR) is 8.54 cm³/mol. The van der Waals surface area contributed by atoms with Gasteiger partial charge in [0, 0.05) is 72.1 Å². The van der Waals surface area contributed by atoms with Gasteiger partial charge in [-0.3, -0.25) is 0 Å². The summed E-state index contributed by atoms with van der Waals surface area (Å²) < 4.78 is 0. The van der Waals surface area contributed by atoms with Gasteiger partial charge in [0.2, 0.25) is 0 Å². The quantitative estimate of drug-likeness (QED) is 0.485. The van der Waals surface area contributed by atoms with E-state index in [1.165, 1.54) is 0 Å². The molecule has 0 bridgehead atoms. The molecule has 0 aromatic rings. The summed E-state index contributed by atoms with van der Waals surface area (Å²) in [7, 11) is 0. The molecule has 0 aliphatic carbocycles. The Morgan fingerprint density at radius 2 is 1.00 bits per heavy atom. The van der Waals surface area contributed by atoms with Crippen LogP contribution in [0.5, 0.6) is 0 Å². The molecule has 0 aliphatic rings. The van der Waals surface area contributed by atoms with Crippen molar-refractivity contribution < 1.29 is 72.1 Å². The second-order valence-corrected chi connectivity index (χ2v) is 0. The monoisotopic (exact) mass is 246 g/mol. The van der Waals surface area contributed by atoms with Crippen molar-refractivity contribution in [3.63, 3.8) is 0 Å². The van der Waals surface area contributed by atoms with Gasteiger partial charge in [-0.25, -0.2) is 0 Å². The van der Waals surface area contributed by atoms with Crippen LogP contribution in [0.1, 0.15) is 0 Å². The predicted octanol–water partition coefficient (Wildman–Crippen LogP) is -0.926. The van der Waals surface area contributed by atoms with E-state index < -0.39 is 0 Å². The second kappa shape index (κ2) is 28.0. The van der Waals surface area contributed by atoms with Crippen LogP contribution < -0.4 is 0 Å². The molecular formula is H2CoMgMnNiTi. The Kier molecular flexibility index (Phi) is 244. The Morgan fingerprint density at radius 1 is 1.00 bits per heavy atom. The van der Waals surface area contributed by atoms with Crippen LogP contribution in [0.3, 0.4) is 0 Å². The van der Waals surface area contributed by atoms with E-state index in [1.807, 2.05) is 0 Å². The Balaban J connectivity index is 0. The number of hydrogen-bond acceptors (Lipinski definition) is 0. The molecule has 0 unspecified atom stereocenters. The van der Waals surface area contributed by atoms with Gasteiger partial charge in [-0.1, -0.05) is 0 Å². The fraction of sp³-hybridized carbons (Fsp3) is 0. The van der Waals surface area contributed by atoms with Gasteiger partial charge < -0.3 is 0 Å². The van der Waals surface area contributed by atoms with Crippen molar-refractivity contribution in [3.05, 3.63) is 0 Å². The van der Waals surface area contributed by atoms with Crippen LogP contribution in [0.15, 0.2) is 0 Å². The van der Waals surface area contributed by atoms with E-state index in [0.717, 1.165) is 0 Å². The summed E-state index contributed by atoms with van der Waals surface area (Å²) >= 11 is 0. The molecule has 0 N–H and O–H groups in total. The summed E-state index contributed by atoms with van der Waals surface area (Å²) in [4.78, 5) is 0. The fourth-order valence-electron chi connectivity index (χ4n) is 0. The van der Waals surface area contributed by atoms with Gasteiger partial charge in [-0.05, 0) is 0 Å². The normalized spacial score (nSPS) is 0. The van der Waals surface area contributed by atoms with Gasteiger partial charge in [-0.15, -0.1) is 0 Å². The van der Waals surface area contributed by atoms with Gasteiger partial charge in [0.1, 0.15) is 0 Å². The molecule has 0 aliphatic heterocycles. The number of hydrogen-bond donors (Lipinski definition) is 0. The van der Waals surface area contributed by atoms with Crippen LogP contribution in [-0.4, -0.2) is 23.1 Å². The van der Waals surface area contributed by atoms with E-state index in [0.29, 0.717) is 0 Å². The largest absolute Gasteiger partial charge is 0.316 e. The van der Waals surface area contributed by atoms with Crippen molar-refractivity contribution in [1.29, 1.82) is 0 Å². The minimum atomic E-state index is 0. The van der Waals surface area contributed by atoms with E-state index in [-0.39, 0.29) is 95.1 Å². The van der Waals surface area contributed by atoms with Crippen molar-refractivity contribution in [3.8, 4) is 0 Å². The maximum atomic E-state index is 0. The molecule has 0 aromatic carbocycles. The molecule has 0 atom stereocenters. The van der Waals surface area contributed by atoms with E-state index in [4.69, 9.17) is 0 Å². The summed E-state index contributed by atoms with van der Waals surface area (Å²) in [5.41, 5.74) is 0. The molecule has 0 spiro atoms. The summed E-state index contributed by atoms with van der Waals surface area (Å²) in [5, 5.41) is 0. The molecule has 0 aromatic heterocycles. The molecule has 0 nitrogen and oxygen atoms in total. The topological polar surface area (TPSA) is 0 Å². The Bertz CT molecular complexity index is 11.6. The zero-order chi connectivity index (χ0) is 0. The van der Waals surface area contributed by atoms with Crippen molar-refractivity contribution in [1.82, 2.24) is 0 Å². The zero-order valence-corrected chi connectivity index (χ0v) is 6.30. The van der Waals surface area contributed by atoms with E-state index in [9.17, 15) is 0 Å². The Morgan fingerprint density at radius 3 is 1.00 bits per heavy atom. The van der Waals surface area contributed by atoms with Crippen LogP contribution in [0.4, 0.5) is 0 Å². The molecule has 5 heteroatoms. The average Bonchev–Trinajstić information content (AvgIpc) is 0. The fourth-order valence-corrected chi connectivity index (χ4v) is 0. The third kappa shape index (κ3) is 19.4. The van der Waals surface area contributed by atoms with Crippen LogP contribution in [0, 0.1) is 0 Å². The summed E-state index contributed by atoms with van der Waals surface area (Å²) in [6.45, 7) is 0. The molecule has 0 fully saturated rings. The summed E-state index contributed by atoms with van der Waals surface area (Å²) in [5.74, 6) is 0. The van der Waals surface area contributed by atoms with Crippen LogP contribution in [0.2, 0.25) is 0 Å².